The van der Waals surface area contributed by atoms with Gasteiger partial charge in [0, 0.05) is 23.7 Å². The topological polar surface area (TPSA) is 71.1 Å². The number of thiazole rings is 1. The minimum absolute atomic E-state index is 0.0857. The number of hydrogen-bond donors (Lipinski definition) is 2. The molecule has 7 heteroatoms. The number of aromatic nitrogens is 1. The molecule has 0 bridgehead atoms. The highest BCUT2D eigenvalue weighted by molar-refractivity contribution is 7.13. The number of rotatable bonds is 9. The van der Waals surface area contributed by atoms with Crippen LogP contribution in [0.1, 0.15) is 53.0 Å². The maximum atomic E-state index is 12.3. The molecule has 1 aromatic heterocycles. The first-order chi connectivity index (χ1) is 12.5. The van der Waals surface area contributed by atoms with E-state index in [4.69, 9.17) is 11.6 Å². The molecule has 0 saturated heterocycles. The van der Waals surface area contributed by atoms with Gasteiger partial charge in [-0.05, 0) is 50.5 Å². The molecule has 0 unspecified atom stereocenters. The van der Waals surface area contributed by atoms with Crippen LogP contribution in [0.15, 0.2) is 24.3 Å². The van der Waals surface area contributed by atoms with Crippen molar-refractivity contribution in [3.8, 4) is 0 Å². The van der Waals surface area contributed by atoms with Crippen LogP contribution in [0.3, 0.4) is 0 Å². The third-order valence-electron chi connectivity index (χ3n) is 3.79. The Morgan fingerprint density at radius 1 is 1.19 bits per heavy atom. The molecular formula is C19H24ClN3O2S. The van der Waals surface area contributed by atoms with Gasteiger partial charge in [0.2, 0.25) is 5.91 Å². The lowest BCUT2D eigenvalue weighted by Crippen LogP contribution is -2.25. The van der Waals surface area contributed by atoms with Crippen molar-refractivity contribution in [2.24, 2.45) is 0 Å². The molecule has 0 spiro atoms. The van der Waals surface area contributed by atoms with E-state index in [0.29, 0.717) is 35.0 Å². The second-order valence-electron chi connectivity index (χ2n) is 6.04. The monoisotopic (exact) mass is 393 g/mol. The third-order valence-corrected chi connectivity index (χ3v) is 5.25. The Hall–Kier alpha value is -1.92. The molecule has 0 aliphatic carbocycles. The van der Waals surface area contributed by atoms with E-state index in [1.54, 1.807) is 24.3 Å². The molecule has 0 saturated carbocycles. The first-order valence-electron chi connectivity index (χ1n) is 8.79. The number of nitrogens with one attached hydrogen (secondary N) is 2. The molecule has 1 aromatic carbocycles. The zero-order valence-electron chi connectivity index (χ0n) is 15.1. The maximum Gasteiger partial charge on any atom is 0.263 e. The molecular weight excluding hydrogens is 370 g/mol. The van der Waals surface area contributed by atoms with Crippen LogP contribution in [0, 0.1) is 6.92 Å². The number of carbonyl (C=O) groups is 2. The van der Waals surface area contributed by atoms with Crippen LogP contribution in [0.25, 0.3) is 0 Å². The number of anilines is 1. The van der Waals surface area contributed by atoms with E-state index >= 15 is 0 Å². The number of aryl methyl sites for hydroxylation is 2. The van der Waals surface area contributed by atoms with E-state index in [-0.39, 0.29) is 11.8 Å². The van der Waals surface area contributed by atoms with Crippen molar-refractivity contribution in [3.05, 3.63) is 44.9 Å². The molecule has 2 aromatic rings. The predicted octanol–water partition coefficient (Wildman–Crippen LogP) is 4.60. The highest BCUT2D eigenvalue weighted by Gasteiger charge is 2.14. The van der Waals surface area contributed by atoms with Crippen LogP contribution in [0.2, 0.25) is 5.02 Å². The maximum absolute atomic E-state index is 12.3. The first kappa shape index (κ1) is 20.4. The molecule has 0 aliphatic heterocycles. The molecule has 0 radical (unpaired) electrons. The van der Waals surface area contributed by atoms with E-state index in [9.17, 15) is 9.59 Å². The van der Waals surface area contributed by atoms with Crippen molar-refractivity contribution >= 4 is 40.4 Å². The van der Waals surface area contributed by atoms with E-state index < -0.39 is 0 Å². The van der Waals surface area contributed by atoms with Gasteiger partial charge in [-0.25, -0.2) is 4.98 Å². The van der Waals surface area contributed by atoms with Gasteiger partial charge >= 0.3 is 0 Å². The minimum Gasteiger partial charge on any atom is -0.351 e. The molecule has 0 aliphatic rings. The molecule has 2 N–H and O–H groups in total. The lowest BCUT2D eigenvalue weighted by molar-refractivity contribution is -0.116. The van der Waals surface area contributed by atoms with E-state index in [2.05, 4.69) is 22.5 Å². The summed E-state index contributed by atoms with van der Waals surface area (Å²) in [4.78, 5) is 29.3. The van der Waals surface area contributed by atoms with E-state index in [1.165, 1.54) is 11.3 Å². The molecule has 140 valence electrons. The average molecular weight is 394 g/mol. The number of benzene rings is 1. The number of nitrogens with zero attached hydrogens (tertiary/aromatic N) is 1. The highest BCUT2D eigenvalue weighted by atomic mass is 35.5. The molecule has 0 atom stereocenters. The fourth-order valence-corrected chi connectivity index (χ4v) is 3.53. The van der Waals surface area contributed by atoms with Crippen LogP contribution in [0.5, 0.6) is 0 Å². The standard InChI is InChI=1S/C19H24ClN3O2S/c1-3-4-7-17-22-13(2)18(26-17)19(25)21-12-5-6-16(24)23-15-10-8-14(20)9-11-15/h8-11H,3-7,12H2,1-2H3,(H,21,25)(H,23,24). The van der Waals surface area contributed by atoms with Crippen molar-refractivity contribution in [1.29, 1.82) is 0 Å². The van der Waals surface area contributed by atoms with Gasteiger partial charge in [0.05, 0.1) is 10.7 Å². The second kappa shape index (κ2) is 10.3. The number of halogens is 1. The first-order valence-corrected chi connectivity index (χ1v) is 9.99. The molecule has 26 heavy (non-hydrogen) atoms. The molecule has 0 fully saturated rings. The lowest BCUT2D eigenvalue weighted by atomic mass is 10.2. The van der Waals surface area contributed by atoms with Crippen molar-refractivity contribution in [3.63, 3.8) is 0 Å². The van der Waals surface area contributed by atoms with Gasteiger partial charge in [0.1, 0.15) is 4.88 Å². The summed E-state index contributed by atoms with van der Waals surface area (Å²) in [5.74, 6) is -0.196. The van der Waals surface area contributed by atoms with Gasteiger partial charge in [-0.2, -0.15) is 0 Å². The summed E-state index contributed by atoms with van der Waals surface area (Å²) in [6, 6.07) is 6.96. The summed E-state index contributed by atoms with van der Waals surface area (Å²) >= 11 is 7.27. The lowest BCUT2D eigenvalue weighted by Gasteiger charge is -2.06. The largest absolute Gasteiger partial charge is 0.351 e. The van der Waals surface area contributed by atoms with Crippen LogP contribution < -0.4 is 10.6 Å². The predicted molar refractivity (Wildman–Crippen MR) is 107 cm³/mol. The highest BCUT2D eigenvalue weighted by Crippen LogP contribution is 2.19. The Bertz CT molecular complexity index is 744. The average Bonchev–Trinajstić information content (AvgIpc) is 2.99. The number of carbonyl (C=O) groups excluding carboxylic acids is 2. The summed E-state index contributed by atoms with van der Waals surface area (Å²) in [6.07, 6.45) is 4.02. The van der Waals surface area contributed by atoms with Gasteiger partial charge in [0.15, 0.2) is 0 Å². The minimum atomic E-state index is -0.110. The van der Waals surface area contributed by atoms with Crippen LogP contribution in [-0.2, 0) is 11.2 Å². The van der Waals surface area contributed by atoms with Gasteiger partial charge in [-0.15, -0.1) is 11.3 Å². The molecule has 1 heterocycles. The van der Waals surface area contributed by atoms with Crippen molar-refractivity contribution < 1.29 is 9.59 Å². The van der Waals surface area contributed by atoms with Gasteiger partial charge in [0.25, 0.3) is 5.91 Å². The van der Waals surface area contributed by atoms with Gasteiger partial charge < -0.3 is 10.6 Å². The molecule has 2 amide bonds. The Morgan fingerprint density at radius 3 is 2.62 bits per heavy atom. The number of hydrogen-bond acceptors (Lipinski definition) is 4. The smallest absolute Gasteiger partial charge is 0.263 e. The van der Waals surface area contributed by atoms with E-state index in [0.717, 1.165) is 30.0 Å². The Morgan fingerprint density at radius 2 is 1.92 bits per heavy atom. The van der Waals surface area contributed by atoms with Crippen LogP contribution in [0.4, 0.5) is 5.69 Å². The van der Waals surface area contributed by atoms with Crippen LogP contribution in [-0.4, -0.2) is 23.3 Å². The molecule has 2 rings (SSSR count). The fraction of sp³-hybridized carbons (Fsp3) is 0.421. The summed E-state index contributed by atoms with van der Waals surface area (Å²) in [5, 5.41) is 7.31. The Kier molecular flexibility index (Phi) is 8.06. The number of unbranched alkanes of at least 4 members (excludes halogenated alkanes) is 1. The fourth-order valence-electron chi connectivity index (χ4n) is 2.39. The van der Waals surface area contributed by atoms with Gasteiger partial charge in [-0.1, -0.05) is 24.9 Å². The SMILES string of the molecule is CCCCc1nc(C)c(C(=O)NCCCC(=O)Nc2ccc(Cl)cc2)s1. The summed E-state index contributed by atoms with van der Waals surface area (Å²) in [7, 11) is 0. The summed E-state index contributed by atoms with van der Waals surface area (Å²) < 4.78 is 0. The van der Waals surface area contributed by atoms with Crippen molar-refractivity contribution in [2.75, 3.05) is 11.9 Å². The van der Waals surface area contributed by atoms with Crippen molar-refractivity contribution in [2.45, 2.75) is 46.0 Å². The van der Waals surface area contributed by atoms with Gasteiger partial charge in [-0.3, -0.25) is 9.59 Å². The quantitative estimate of drug-likeness (QED) is 0.612. The zero-order chi connectivity index (χ0) is 18.9. The Labute approximate surface area is 163 Å². The van der Waals surface area contributed by atoms with E-state index in [1.807, 2.05) is 6.92 Å². The zero-order valence-corrected chi connectivity index (χ0v) is 16.7. The number of amides is 2. The summed E-state index contributed by atoms with van der Waals surface area (Å²) in [5.41, 5.74) is 1.49. The molecule has 5 nitrogen and oxygen atoms in total. The normalized spacial score (nSPS) is 10.6. The summed E-state index contributed by atoms with van der Waals surface area (Å²) in [6.45, 7) is 4.45. The Balaban J connectivity index is 1.72. The third kappa shape index (κ3) is 6.42. The van der Waals surface area contributed by atoms with Crippen molar-refractivity contribution in [1.82, 2.24) is 10.3 Å². The second-order valence-corrected chi connectivity index (χ2v) is 7.56. The van der Waals surface area contributed by atoms with Crippen LogP contribution >= 0.6 is 22.9 Å².